The number of ether oxygens (including phenoxy) is 1. The molecule has 0 bridgehead atoms. The average Bonchev–Trinajstić information content (AvgIpc) is 2.94. The van der Waals surface area contributed by atoms with Crippen LogP contribution in [0.2, 0.25) is 0 Å². The fourth-order valence-electron chi connectivity index (χ4n) is 2.10. The second-order valence-corrected chi connectivity index (χ2v) is 4.75. The zero-order valence-electron chi connectivity index (χ0n) is 12.0. The number of rotatable bonds is 8. The van der Waals surface area contributed by atoms with Crippen LogP contribution in [0.15, 0.2) is 34.7 Å². The summed E-state index contributed by atoms with van der Waals surface area (Å²) < 4.78 is 10.6. The van der Waals surface area contributed by atoms with E-state index in [9.17, 15) is 4.79 Å². The molecule has 0 aliphatic heterocycles. The molecule has 2 rings (SSSR count). The summed E-state index contributed by atoms with van der Waals surface area (Å²) in [6.07, 6.45) is 0.386. The van der Waals surface area contributed by atoms with Crippen LogP contribution in [-0.4, -0.2) is 44.0 Å². The molecular weight excluding hydrogens is 268 g/mol. The number of hydrogen-bond donors (Lipinski definition) is 0. The first-order chi connectivity index (χ1) is 10.2. The molecule has 1 heterocycles. The summed E-state index contributed by atoms with van der Waals surface area (Å²) in [6.45, 7) is 1.92. The van der Waals surface area contributed by atoms with Gasteiger partial charge in [0.1, 0.15) is 5.58 Å². The van der Waals surface area contributed by atoms with Crippen LogP contribution in [0.5, 0.6) is 0 Å². The molecule has 0 aliphatic rings. The van der Waals surface area contributed by atoms with Crippen LogP contribution >= 0.6 is 0 Å². The van der Waals surface area contributed by atoms with E-state index < -0.39 is 0 Å². The molecule has 0 spiro atoms. The monoisotopic (exact) mass is 286 g/mol. The molecule has 1 aromatic heterocycles. The van der Waals surface area contributed by atoms with Crippen molar-refractivity contribution in [3.05, 3.63) is 36.1 Å². The van der Waals surface area contributed by atoms with E-state index in [2.05, 4.69) is 6.07 Å². The summed E-state index contributed by atoms with van der Waals surface area (Å²) in [6, 6.07) is 11.4. The Labute approximate surface area is 123 Å². The number of carbonyl (C=O) groups is 1. The van der Waals surface area contributed by atoms with Crippen LogP contribution in [0.25, 0.3) is 11.0 Å². The molecule has 2 aromatic rings. The lowest BCUT2D eigenvalue weighted by Crippen LogP contribution is -2.33. The first-order valence-corrected chi connectivity index (χ1v) is 6.84. The van der Waals surface area contributed by atoms with Gasteiger partial charge in [-0.2, -0.15) is 5.26 Å². The third kappa shape index (κ3) is 4.15. The van der Waals surface area contributed by atoms with E-state index in [1.807, 2.05) is 29.2 Å². The highest BCUT2D eigenvalue weighted by atomic mass is 16.5. The molecule has 0 fully saturated rings. The number of benzene rings is 1. The van der Waals surface area contributed by atoms with Gasteiger partial charge in [0, 0.05) is 32.0 Å². The molecule has 0 unspecified atom stereocenters. The lowest BCUT2D eigenvalue weighted by Gasteiger charge is -2.19. The van der Waals surface area contributed by atoms with Gasteiger partial charge in [0.15, 0.2) is 5.76 Å². The number of para-hydroxylation sites is 1. The molecule has 5 heteroatoms. The van der Waals surface area contributed by atoms with Crippen LogP contribution < -0.4 is 0 Å². The SMILES string of the molecule is COCCN(CCC#N)CC(=O)c1cc2ccccc2o1. The molecule has 21 heavy (non-hydrogen) atoms. The fraction of sp³-hybridized carbons (Fsp3) is 0.375. The van der Waals surface area contributed by atoms with Gasteiger partial charge in [-0.3, -0.25) is 9.69 Å². The maximum absolute atomic E-state index is 12.3. The third-order valence-corrected chi connectivity index (χ3v) is 3.22. The number of methoxy groups -OCH3 is 1. The van der Waals surface area contributed by atoms with E-state index in [-0.39, 0.29) is 12.3 Å². The molecule has 5 nitrogen and oxygen atoms in total. The molecular formula is C16H18N2O3. The zero-order chi connectivity index (χ0) is 15.1. The second-order valence-electron chi connectivity index (χ2n) is 4.75. The second kappa shape index (κ2) is 7.58. The zero-order valence-corrected chi connectivity index (χ0v) is 12.0. The predicted molar refractivity (Wildman–Crippen MR) is 79.1 cm³/mol. The van der Waals surface area contributed by atoms with Gasteiger partial charge >= 0.3 is 0 Å². The molecule has 0 saturated heterocycles. The Balaban J connectivity index is 2.04. The smallest absolute Gasteiger partial charge is 0.211 e. The lowest BCUT2D eigenvalue weighted by molar-refractivity contribution is 0.0874. The number of carbonyl (C=O) groups excluding carboxylic acids is 1. The van der Waals surface area contributed by atoms with Crippen molar-refractivity contribution in [3.63, 3.8) is 0 Å². The summed E-state index contributed by atoms with van der Waals surface area (Å²) in [5, 5.41) is 9.59. The molecule has 0 aliphatic carbocycles. The van der Waals surface area contributed by atoms with Crippen molar-refractivity contribution in [2.75, 3.05) is 33.4 Å². The van der Waals surface area contributed by atoms with Crippen LogP contribution in [-0.2, 0) is 4.74 Å². The Morgan fingerprint density at radius 3 is 2.90 bits per heavy atom. The predicted octanol–water partition coefficient (Wildman–Crippen LogP) is 2.48. The van der Waals surface area contributed by atoms with Crippen LogP contribution in [0.4, 0.5) is 0 Å². The van der Waals surface area contributed by atoms with Crippen molar-refractivity contribution >= 4 is 16.8 Å². The standard InChI is InChI=1S/C16H18N2O3/c1-20-10-9-18(8-4-7-17)12-14(19)16-11-13-5-2-3-6-15(13)21-16/h2-3,5-6,11H,4,8-10,12H2,1H3. The van der Waals surface area contributed by atoms with Crippen molar-refractivity contribution in [2.24, 2.45) is 0 Å². The van der Waals surface area contributed by atoms with Gasteiger partial charge in [0.2, 0.25) is 5.78 Å². The minimum Gasteiger partial charge on any atom is -0.453 e. The Morgan fingerprint density at radius 2 is 2.19 bits per heavy atom. The van der Waals surface area contributed by atoms with Gasteiger partial charge in [-0.15, -0.1) is 0 Å². The molecule has 0 amide bonds. The molecule has 0 atom stereocenters. The number of fused-ring (bicyclic) bond motifs is 1. The molecule has 0 radical (unpaired) electrons. The largest absolute Gasteiger partial charge is 0.453 e. The number of furan rings is 1. The normalized spacial score (nSPS) is 10.9. The van der Waals surface area contributed by atoms with Crippen molar-refractivity contribution in [1.29, 1.82) is 5.26 Å². The summed E-state index contributed by atoms with van der Waals surface area (Å²) in [7, 11) is 1.61. The Hall–Kier alpha value is -2.16. The first-order valence-electron chi connectivity index (χ1n) is 6.84. The average molecular weight is 286 g/mol. The van der Waals surface area contributed by atoms with E-state index >= 15 is 0 Å². The maximum Gasteiger partial charge on any atom is 0.211 e. The highest BCUT2D eigenvalue weighted by Gasteiger charge is 2.16. The molecule has 1 aromatic carbocycles. The van der Waals surface area contributed by atoms with Gasteiger partial charge in [-0.25, -0.2) is 0 Å². The quantitative estimate of drug-likeness (QED) is 0.697. The van der Waals surface area contributed by atoms with Crippen molar-refractivity contribution in [3.8, 4) is 6.07 Å². The van der Waals surface area contributed by atoms with Crippen LogP contribution in [0, 0.1) is 11.3 Å². The van der Waals surface area contributed by atoms with E-state index in [1.165, 1.54) is 0 Å². The summed E-state index contributed by atoms with van der Waals surface area (Å²) in [5.41, 5.74) is 0.710. The van der Waals surface area contributed by atoms with Crippen molar-refractivity contribution in [2.45, 2.75) is 6.42 Å². The Kier molecular flexibility index (Phi) is 5.50. The number of ketones is 1. The lowest BCUT2D eigenvalue weighted by atomic mass is 10.2. The topological polar surface area (TPSA) is 66.5 Å². The molecule has 0 N–H and O–H groups in total. The van der Waals surface area contributed by atoms with Gasteiger partial charge in [-0.05, 0) is 12.1 Å². The van der Waals surface area contributed by atoms with E-state index in [4.69, 9.17) is 14.4 Å². The first kappa shape index (κ1) is 15.2. The number of Topliss-reactive ketones (excluding diaryl/α,β-unsaturated/α-hetero) is 1. The Morgan fingerprint density at radius 1 is 1.38 bits per heavy atom. The number of hydrogen-bond acceptors (Lipinski definition) is 5. The highest BCUT2D eigenvalue weighted by molar-refractivity contribution is 5.98. The van der Waals surface area contributed by atoms with E-state index in [0.29, 0.717) is 37.5 Å². The van der Waals surface area contributed by atoms with Crippen LogP contribution in [0.3, 0.4) is 0 Å². The minimum absolute atomic E-state index is 0.0831. The van der Waals surface area contributed by atoms with E-state index in [0.717, 1.165) is 5.39 Å². The van der Waals surface area contributed by atoms with Gasteiger partial charge in [-0.1, -0.05) is 18.2 Å². The number of nitrogens with zero attached hydrogens (tertiary/aromatic N) is 2. The van der Waals surface area contributed by atoms with Crippen molar-refractivity contribution < 1.29 is 13.9 Å². The summed E-state index contributed by atoms with van der Waals surface area (Å²) in [5.74, 6) is 0.274. The van der Waals surface area contributed by atoms with Gasteiger partial charge in [0.05, 0.1) is 19.2 Å². The summed E-state index contributed by atoms with van der Waals surface area (Å²) in [4.78, 5) is 14.2. The fourth-order valence-corrected chi connectivity index (χ4v) is 2.10. The summed E-state index contributed by atoms with van der Waals surface area (Å²) >= 11 is 0. The van der Waals surface area contributed by atoms with Gasteiger partial charge < -0.3 is 9.15 Å². The molecule has 110 valence electrons. The maximum atomic E-state index is 12.3. The Bertz CT molecular complexity index is 609. The highest BCUT2D eigenvalue weighted by Crippen LogP contribution is 2.19. The number of nitriles is 1. The van der Waals surface area contributed by atoms with Crippen LogP contribution in [0.1, 0.15) is 17.0 Å². The van der Waals surface area contributed by atoms with Gasteiger partial charge in [0.25, 0.3) is 0 Å². The molecule has 0 saturated carbocycles. The van der Waals surface area contributed by atoms with Crippen molar-refractivity contribution in [1.82, 2.24) is 4.90 Å². The van der Waals surface area contributed by atoms with E-state index in [1.54, 1.807) is 13.2 Å². The third-order valence-electron chi connectivity index (χ3n) is 3.22. The minimum atomic E-state index is -0.0831.